The second-order valence-corrected chi connectivity index (χ2v) is 9.81. The van der Waals surface area contributed by atoms with E-state index >= 15 is 0 Å². The van der Waals surface area contributed by atoms with Gasteiger partial charge >= 0.3 is 0 Å². The standard InChI is InChI=1S/C18H31N3OS2.HI/c1-7-19-17(20-12-13-24(22)18(2,3)4)21(5)14-15-8-10-16(23-6)11-9-15;/h8-11H,7,12-14H2,1-6H3,(H,19,20);1H. The first kappa shape index (κ1) is 24.7. The first-order valence-corrected chi connectivity index (χ1v) is 10.8. The van der Waals surface area contributed by atoms with Crippen molar-refractivity contribution in [2.45, 2.75) is 43.9 Å². The third kappa shape index (κ3) is 9.28. The van der Waals surface area contributed by atoms with E-state index in [4.69, 9.17) is 0 Å². The largest absolute Gasteiger partial charge is 0.357 e. The van der Waals surface area contributed by atoms with Crippen LogP contribution >= 0.6 is 35.7 Å². The highest BCUT2D eigenvalue weighted by atomic mass is 127. The van der Waals surface area contributed by atoms with E-state index in [-0.39, 0.29) is 28.7 Å². The van der Waals surface area contributed by atoms with Gasteiger partial charge in [0.2, 0.25) is 0 Å². The Labute approximate surface area is 177 Å². The Kier molecular flexibility index (Phi) is 12.0. The van der Waals surface area contributed by atoms with Crippen LogP contribution in [-0.4, -0.2) is 52.0 Å². The molecule has 0 amide bonds. The Balaban J connectivity index is 0.00000576. The van der Waals surface area contributed by atoms with Gasteiger partial charge in [-0.25, -0.2) is 0 Å². The highest BCUT2D eigenvalue weighted by Gasteiger charge is 2.18. The topological polar surface area (TPSA) is 44.7 Å². The molecule has 0 aliphatic rings. The van der Waals surface area contributed by atoms with Gasteiger partial charge in [0, 0.05) is 46.3 Å². The Morgan fingerprint density at radius 3 is 2.36 bits per heavy atom. The van der Waals surface area contributed by atoms with Gasteiger partial charge in [-0.3, -0.25) is 9.20 Å². The molecule has 4 nitrogen and oxygen atoms in total. The number of hydrogen-bond donors (Lipinski definition) is 1. The van der Waals surface area contributed by atoms with Gasteiger partial charge in [-0.2, -0.15) is 0 Å². The minimum Gasteiger partial charge on any atom is -0.357 e. The summed E-state index contributed by atoms with van der Waals surface area (Å²) in [6.07, 6.45) is 2.08. The molecule has 144 valence electrons. The number of rotatable bonds is 7. The van der Waals surface area contributed by atoms with Crippen LogP contribution in [0.5, 0.6) is 0 Å². The van der Waals surface area contributed by atoms with Crippen LogP contribution in [0.2, 0.25) is 0 Å². The number of halogens is 1. The van der Waals surface area contributed by atoms with Crippen molar-refractivity contribution < 1.29 is 4.21 Å². The van der Waals surface area contributed by atoms with Crippen LogP contribution in [-0.2, 0) is 17.3 Å². The minimum absolute atomic E-state index is 0. The van der Waals surface area contributed by atoms with Crippen molar-refractivity contribution >= 4 is 52.5 Å². The summed E-state index contributed by atoms with van der Waals surface area (Å²) in [5, 5.41) is 3.31. The summed E-state index contributed by atoms with van der Waals surface area (Å²) in [6, 6.07) is 8.59. The fourth-order valence-electron chi connectivity index (χ4n) is 2.09. The summed E-state index contributed by atoms with van der Waals surface area (Å²) >= 11 is 1.75. The van der Waals surface area contributed by atoms with Crippen molar-refractivity contribution in [2.24, 2.45) is 4.99 Å². The molecular formula is C18H32IN3OS2. The second kappa shape index (κ2) is 12.2. The third-order valence-electron chi connectivity index (χ3n) is 3.50. The summed E-state index contributed by atoms with van der Waals surface area (Å²) in [7, 11) is 1.16. The van der Waals surface area contributed by atoms with E-state index in [1.807, 2.05) is 27.8 Å². The number of benzene rings is 1. The van der Waals surface area contributed by atoms with E-state index in [1.165, 1.54) is 10.5 Å². The first-order chi connectivity index (χ1) is 11.3. The highest BCUT2D eigenvalue weighted by molar-refractivity contribution is 14.0. The summed E-state index contributed by atoms with van der Waals surface area (Å²) < 4.78 is 11.9. The van der Waals surface area contributed by atoms with Crippen LogP contribution in [0, 0.1) is 0 Å². The quantitative estimate of drug-likeness (QED) is 0.268. The molecule has 0 spiro atoms. The first-order valence-electron chi connectivity index (χ1n) is 8.28. The molecule has 0 aromatic heterocycles. The number of guanidine groups is 1. The molecule has 1 N–H and O–H groups in total. The van der Waals surface area contributed by atoms with E-state index in [0.717, 1.165) is 19.0 Å². The monoisotopic (exact) mass is 497 g/mol. The molecule has 1 aromatic rings. The molecule has 0 heterocycles. The lowest BCUT2D eigenvalue weighted by atomic mass is 10.2. The van der Waals surface area contributed by atoms with Crippen LogP contribution in [0.3, 0.4) is 0 Å². The summed E-state index contributed by atoms with van der Waals surface area (Å²) in [5.74, 6) is 1.45. The molecule has 1 unspecified atom stereocenters. The lowest BCUT2D eigenvalue weighted by Gasteiger charge is -2.22. The van der Waals surface area contributed by atoms with Crippen LogP contribution in [0.25, 0.3) is 0 Å². The van der Waals surface area contributed by atoms with E-state index in [9.17, 15) is 4.21 Å². The fourth-order valence-corrected chi connectivity index (χ4v) is 3.37. The Morgan fingerprint density at radius 1 is 1.28 bits per heavy atom. The van der Waals surface area contributed by atoms with Gasteiger partial charge in [0.15, 0.2) is 5.96 Å². The van der Waals surface area contributed by atoms with Crippen molar-refractivity contribution in [2.75, 3.05) is 32.1 Å². The van der Waals surface area contributed by atoms with Gasteiger partial charge in [-0.05, 0) is 51.6 Å². The van der Waals surface area contributed by atoms with E-state index in [1.54, 1.807) is 11.8 Å². The Bertz CT molecular complexity index is 556. The van der Waals surface area contributed by atoms with Crippen LogP contribution in [0.1, 0.15) is 33.3 Å². The molecule has 0 saturated carbocycles. The molecule has 0 aliphatic heterocycles. The van der Waals surface area contributed by atoms with Gasteiger partial charge in [-0.1, -0.05) is 12.1 Å². The minimum atomic E-state index is -0.868. The molecule has 0 radical (unpaired) electrons. The lowest BCUT2D eigenvalue weighted by Crippen LogP contribution is -2.39. The van der Waals surface area contributed by atoms with E-state index in [0.29, 0.717) is 12.3 Å². The molecule has 1 atom stereocenters. The summed E-state index contributed by atoms with van der Waals surface area (Å²) in [5.41, 5.74) is 1.25. The maximum absolute atomic E-state index is 12.1. The van der Waals surface area contributed by atoms with Crippen molar-refractivity contribution in [1.82, 2.24) is 10.2 Å². The second-order valence-electron chi connectivity index (χ2n) is 6.60. The molecule has 0 saturated heterocycles. The third-order valence-corrected chi connectivity index (χ3v) is 6.16. The Hall–Kier alpha value is -0.280. The molecule has 7 heteroatoms. The lowest BCUT2D eigenvalue weighted by molar-refractivity contribution is 0.477. The smallest absolute Gasteiger partial charge is 0.193 e. The molecule has 25 heavy (non-hydrogen) atoms. The van der Waals surface area contributed by atoms with Crippen LogP contribution < -0.4 is 5.32 Å². The Morgan fingerprint density at radius 2 is 1.88 bits per heavy atom. The highest BCUT2D eigenvalue weighted by Crippen LogP contribution is 2.15. The maximum Gasteiger partial charge on any atom is 0.193 e. The average molecular weight is 498 g/mol. The molecule has 1 aromatic carbocycles. The number of nitrogens with one attached hydrogen (secondary N) is 1. The average Bonchev–Trinajstić information content (AvgIpc) is 2.53. The van der Waals surface area contributed by atoms with E-state index < -0.39 is 10.8 Å². The SMILES string of the molecule is CCNC(=NCCS(=O)C(C)(C)C)N(C)Cc1ccc(SC)cc1.I. The van der Waals surface area contributed by atoms with Crippen LogP contribution in [0.15, 0.2) is 34.2 Å². The van der Waals surface area contributed by atoms with Crippen molar-refractivity contribution in [1.29, 1.82) is 0 Å². The van der Waals surface area contributed by atoms with Crippen molar-refractivity contribution in [3.63, 3.8) is 0 Å². The van der Waals surface area contributed by atoms with Gasteiger partial charge < -0.3 is 10.2 Å². The zero-order chi connectivity index (χ0) is 18.2. The number of thioether (sulfide) groups is 1. The molecule has 0 fully saturated rings. The molecule has 0 aliphatic carbocycles. The molecule has 1 rings (SSSR count). The predicted molar refractivity (Wildman–Crippen MR) is 124 cm³/mol. The maximum atomic E-state index is 12.1. The number of aliphatic imine (C=N–C) groups is 1. The summed E-state index contributed by atoms with van der Waals surface area (Å²) in [6.45, 7) is 10.2. The van der Waals surface area contributed by atoms with Gasteiger partial charge in [0.1, 0.15) is 0 Å². The zero-order valence-electron chi connectivity index (χ0n) is 16.2. The van der Waals surface area contributed by atoms with Gasteiger partial charge in [0.05, 0.1) is 6.54 Å². The molecule has 0 bridgehead atoms. The zero-order valence-corrected chi connectivity index (χ0v) is 20.1. The molecular weight excluding hydrogens is 465 g/mol. The predicted octanol–water partition coefficient (Wildman–Crippen LogP) is 3.97. The van der Waals surface area contributed by atoms with Crippen molar-refractivity contribution in [3.8, 4) is 0 Å². The fraction of sp³-hybridized carbons (Fsp3) is 0.611. The van der Waals surface area contributed by atoms with Crippen molar-refractivity contribution in [3.05, 3.63) is 29.8 Å². The van der Waals surface area contributed by atoms with E-state index in [2.05, 4.69) is 52.7 Å². The summed E-state index contributed by atoms with van der Waals surface area (Å²) in [4.78, 5) is 8.01. The van der Waals surface area contributed by atoms with Gasteiger partial charge in [0.25, 0.3) is 0 Å². The normalized spacial score (nSPS) is 13.1. The number of hydrogen-bond acceptors (Lipinski definition) is 3. The van der Waals surface area contributed by atoms with Gasteiger partial charge in [-0.15, -0.1) is 35.7 Å². The number of nitrogens with zero attached hydrogens (tertiary/aromatic N) is 2. The van der Waals surface area contributed by atoms with Crippen LogP contribution in [0.4, 0.5) is 0 Å².